The standard InChI is InChI=1S/C11H6F14O2/c1-2-4(26)27-3-6(14,15)8(18,19)10(22,23)11(24,25)9(20,21)7(16,17)5(12)13/h2,5H,1,3H2. The van der Waals surface area contributed by atoms with Crippen LogP contribution >= 0.6 is 0 Å². The fraction of sp³-hybridized carbons (Fsp3) is 0.727. The summed E-state index contributed by atoms with van der Waals surface area (Å²) < 4.78 is 183. The van der Waals surface area contributed by atoms with Gasteiger partial charge in [0.1, 0.15) is 0 Å². The van der Waals surface area contributed by atoms with Crippen LogP contribution in [-0.4, -0.2) is 54.5 Å². The predicted octanol–water partition coefficient (Wildman–Crippen LogP) is 4.79. The fourth-order valence-corrected chi connectivity index (χ4v) is 1.28. The first kappa shape index (κ1) is 25.2. The van der Waals surface area contributed by atoms with Gasteiger partial charge in [-0.2, -0.15) is 52.7 Å². The van der Waals surface area contributed by atoms with Gasteiger partial charge in [0.25, 0.3) is 0 Å². The maximum Gasteiger partial charge on any atom is 0.384 e. The lowest BCUT2D eigenvalue weighted by Crippen LogP contribution is -2.72. The van der Waals surface area contributed by atoms with Gasteiger partial charge in [-0.3, -0.25) is 0 Å². The van der Waals surface area contributed by atoms with Crippen LogP contribution in [0.4, 0.5) is 61.5 Å². The molecule has 0 spiro atoms. The Bertz CT molecular complexity index is 567. The Labute approximate surface area is 139 Å². The number of ether oxygens (including phenoxy) is 1. The molecule has 16 heteroatoms. The third kappa shape index (κ3) is 3.66. The monoisotopic (exact) mass is 436 g/mol. The van der Waals surface area contributed by atoms with E-state index in [1.165, 1.54) is 0 Å². The summed E-state index contributed by atoms with van der Waals surface area (Å²) in [6, 6.07) is 0. The molecule has 0 fully saturated rings. The second-order valence-corrected chi connectivity index (χ2v) is 4.74. The molecule has 27 heavy (non-hydrogen) atoms. The number of alkyl halides is 14. The summed E-state index contributed by atoms with van der Waals surface area (Å²) in [5, 5.41) is 0. The van der Waals surface area contributed by atoms with Gasteiger partial charge < -0.3 is 4.74 Å². The van der Waals surface area contributed by atoms with Crippen molar-refractivity contribution in [1.29, 1.82) is 0 Å². The molecule has 0 atom stereocenters. The minimum atomic E-state index is -8.10. The summed E-state index contributed by atoms with van der Waals surface area (Å²) in [7, 11) is 0. The van der Waals surface area contributed by atoms with E-state index in [9.17, 15) is 66.3 Å². The molecule has 0 amide bonds. The van der Waals surface area contributed by atoms with E-state index in [2.05, 4.69) is 11.3 Å². The normalized spacial score (nSPS) is 15.1. The number of rotatable bonds is 9. The SMILES string of the molecule is C=CC(=O)OCC(F)(F)C(F)(F)C(F)(F)C(F)(F)C(F)(F)C(F)(F)C(F)F. The highest BCUT2D eigenvalue weighted by Crippen LogP contribution is 2.60. The Hall–Kier alpha value is -1.77. The van der Waals surface area contributed by atoms with Crippen molar-refractivity contribution in [3.05, 3.63) is 12.7 Å². The first-order valence-electron chi connectivity index (χ1n) is 5.99. The zero-order valence-electron chi connectivity index (χ0n) is 12.2. The van der Waals surface area contributed by atoms with Crippen LogP contribution in [0.3, 0.4) is 0 Å². The van der Waals surface area contributed by atoms with Crippen molar-refractivity contribution in [2.75, 3.05) is 6.61 Å². The highest BCUT2D eigenvalue weighted by Gasteiger charge is 2.91. The van der Waals surface area contributed by atoms with Crippen molar-refractivity contribution >= 4 is 5.97 Å². The van der Waals surface area contributed by atoms with Gasteiger partial charge >= 0.3 is 47.9 Å². The number of hydrogen-bond acceptors (Lipinski definition) is 2. The molecule has 0 bridgehead atoms. The summed E-state index contributed by atoms with van der Waals surface area (Å²) in [5.74, 6) is -47.4. The van der Waals surface area contributed by atoms with E-state index >= 15 is 0 Å². The molecule has 0 aromatic heterocycles. The molecule has 0 aromatic carbocycles. The first-order valence-corrected chi connectivity index (χ1v) is 5.99. The zero-order chi connectivity index (χ0) is 22.3. The molecule has 0 heterocycles. The molecule has 0 aliphatic heterocycles. The van der Waals surface area contributed by atoms with Gasteiger partial charge in [0.05, 0.1) is 0 Å². The second-order valence-electron chi connectivity index (χ2n) is 4.74. The number of hydrogen-bond donors (Lipinski definition) is 0. The molecule has 0 aliphatic carbocycles. The predicted molar refractivity (Wildman–Crippen MR) is 56.8 cm³/mol. The van der Waals surface area contributed by atoms with E-state index in [0.29, 0.717) is 0 Å². The minimum absolute atomic E-state index is 0.0261. The summed E-state index contributed by atoms with van der Waals surface area (Å²) in [5.41, 5.74) is 0. The Morgan fingerprint density at radius 2 is 1.15 bits per heavy atom. The van der Waals surface area contributed by atoms with Gasteiger partial charge in [-0.25, -0.2) is 13.6 Å². The third-order valence-electron chi connectivity index (χ3n) is 2.90. The van der Waals surface area contributed by atoms with Gasteiger partial charge in [0.2, 0.25) is 0 Å². The van der Waals surface area contributed by atoms with Gasteiger partial charge in [0, 0.05) is 6.08 Å². The number of halogens is 14. The van der Waals surface area contributed by atoms with Crippen molar-refractivity contribution in [2.24, 2.45) is 0 Å². The molecule has 0 rings (SSSR count). The molecule has 0 aliphatic rings. The van der Waals surface area contributed by atoms with Crippen LogP contribution in [0.2, 0.25) is 0 Å². The summed E-state index contributed by atoms with van der Waals surface area (Å²) in [6.07, 6.45) is -5.73. The maximum absolute atomic E-state index is 13.2. The van der Waals surface area contributed by atoms with Gasteiger partial charge in [-0.1, -0.05) is 6.58 Å². The Morgan fingerprint density at radius 1 is 0.778 bits per heavy atom. The largest absolute Gasteiger partial charge is 0.456 e. The van der Waals surface area contributed by atoms with E-state index in [0.717, 1.165) is 0 Å². The molecule has 0 unspecified atom stereocenters. The van der Waals surface area contributed by atoms with E-state index in [-0.39, 0.29) is 6.08 Å². The lowest BCUT2D eigenvalue weighted by molar-refractivity contribution is -0.433. The van der Waals surface area contributed by atoms with Gasteiger partial charge in [-0.05, 0) is 0 Å². The Kier molecular flexibility index (Phi) is 6.54. The molecule has 0 radical (unpaired) electrons. The lowest BCUT2D eigenvalue weighted by atomic mass is 9.91. The number of esters is 1. The van der Waals surface area contributed by atoms with Crippen LogP contribution in [0.15, 0.2) is 12.7 Å². The maximum atomic E-state index is 13.2. The molecule has 160 valence electrons. The summed E-state index contributed by atoms with van der Waals surface area (Å²) >= 11 is 0. The average Bonchev–Trinajstić information content (AvgIpc) is 2.51. The van der Waals surface area contributed by atoms with Crippen LogP contribution in [0, 0.1) is 0 Å². The molecule has 0 saturated heterocycles. The quantitative estimate of drug-likeness (QED) is 0.295. The van der Waals surface area contributed by atoms with Crippen LogP contribution in [0.25, 0.3) is 0 Å². The molecule has 0 N–H and O–H groups in total. The van der Waals surface area contributed by atoms with E-state index < -0.39 is 54.5 Å². The molecule has 0 saturated carbocycles. The fourth-order valence-electron chi connectivity index (χ4n) is 1.28. The van der Waals surface area contributed by atoms with Crippen LogP contribution in [-0.2, 0) is 9.53 Å². The van der Waals surface area contributed by atoms with Gasteiger partial charge in [0.15, 0.2) is 6.61 Å². The Morgan fingerprint density at radius 3 is 1.48 bits per heavy atom. The van der Waals surface area contributed by atoms with Crippen LogP contribution < -0.4 is 0 Å². The summed E-state index contributed by atoms with van der Waals surface area (Å²) in [4.78, 5) is 10.4. The van der Waals surface area contributed by atoms with Crippen molar-refractivity contribution in [1.82, 2.24) is 0 Å². The third-order valence-corrected chi connectivity index (χ3v) is 2.90. The minimum Gasteiger partial charge on any atom is -0.456 e. The highest BCUT2D eigenvalue weighted by molar-refractivity contribution is 5.81. The first-order chi connectivity index (χ1) is 11.6. The van der Waals surface area contributed by atoms with E-state index in [4.69, 9.17) is 0 Å². The van der Waals surface area contributed by atoms with Crippen molar-refractivity contribution < 1.29 is 71.0 Å². The highest BCUT2D eigenvalue weighted by atomic mass is 19.4. The van der Waals surface area contributed by atoms with Gasteiger partial charge in [-0.15, -0.1) is 0 Å². The molecular formula is C11H6F14O2. The topological polar surface area (TPSA) is 26.3 Å². The second kappa shape index (κ2) is 7.00. The number of carbonyl (C=O) groups is 1. The van der Waals surface area contributed by atoms with E-state index in [1.54, 1.807) is 0 Å². The molecule has 2 nitrogen and oxygen atoms in total. The smallest absolute Gasteiger partial charge is 0.384 e. The van der Waals surface area contributed by atoms with E-state index in [1.807, 2.05) is 0 Å². The van der Waals surface area contributed by atoms with Crippen molar-refractivity contribution in [2.45, 2.75) is 42.0 Å². The molecular weight excluding hydrogens is 430 g/mol. The van der Waals surface area contributed by atoms with Crippen LogP contribution in [0.1, 0.15) is 0 Å². The zero-order valence-corrected chi connectivity index (χ0v) is 12.2. The van der Waals surface area contributed by atoms with Crippen LogP contribution in [0.5, 0.6) is 0 Å². The summed E-state index contributed by atoms with van der Waals surface area (Å²) in [6.45, 7) is -0.531. The number of carbonyl (C=O) groups excluding carboxylic acids is 1. The molecule has 0 aromatic rings. The average molecular weight is 436 g/mol. The lowest BCUT2D eigenvalue weighted by Gasteiger charge is -2.40. The van der Waals surface area contributed by atoms with Crippen molar-refractivity contribution in [3.8, 4) is 0 Å². The van der Waals surface area contributed by atoms with Crippen molar-refractivity contribution in [3.63, 3.8) is 0 Å². The Balaban J connectivity index is 6.19.